The van der Waals surface area contributed by atoms with Gasteiger partial charge < -0.3 is 15.1 Å². The summed E-state index contributed by atoms with van der Waals surface area (Å²) in [5, 5.41) is 7.78. The van der Waals surface area contributed by atoms with Crippen molar-refractivity contribution < 1.29 is 4.79 Å². The maximum Gasteiger partial charge on any atom is 0.319 e. The summed E-state index contributed by atoms with van der Waals surface area (Å²) >= 11 is 0. The largest absolute Gasteiger partial charge is 0.331 e. The van der Waals surface area contributed by atoms with Crippen LogP contribution in [0.3, 0.4) is 0 Å². The average molecular weight is 280 g/mol. The zero-order valence-corrected chi connectivity index (χ0v) is 12.5. The van der Waals surface area contributed by atoms with Crippen LogP contribution in [-0.2, 0) is 13.5 Å². The van der Waals surface area contributed by atoms with Gasteiger partial charge in [0.05, 0.1) is 0 Å². The molecule has 2 rings (SSSR count). The molecule has 1 saturated heterocycles. The monoisotopic (exact) mass is 280 g/mol. The number of amides is 2. The van der Waals surface area contributed by atoms with Gasteiger partial charge in [-0.3, -0.25) is 4.68 Å². The molecule has 0 unspecified atom stereocenters. The van der Waals surface area contributed by atoms with Crippen molar-refractivity contribution in [2.45, 2.75) is 25.3 Å². The lowest BCUT2D eigenvalue weighted by atomic mass is 10.1. The summed E-state index contributed by atoms with van der Waals surface area (Å²) < 4.78 is 1.72. The normalized spacial score (nSPS) is 16.4. The zero-order valence-electron chi connectivity index (χ0n) is 12.5. The second-order valence-corrected chi connectivity index (χ2v) is 5.48. The molecule has 2 heterocycles. The first-order valence-corrected chi connectivity index (χ1v) is 7.10. The minimum atomic E-state index is 0.112. The van der Waals surface area contributed by atoms with Gasteiger partial charge in [0.25, 0.3) is 0 Å². The number of nitrogens with zero attached hydrogens (tertiary/aromatic N) is 5. The highest BCUT2D eigenvalue weighted by molar-refractivity contribution is 5.73. The third kappa shape index (κ3) is 3.93. The molecule has 0 aromatic carbocycles. The lowest BCUT2D eigenvalue weighted by Crippen LogP contribution is -2.48. The van der Waals surface area contributed by atoms with Crippen molar-refractivity contribution in [3.63, 3.8) is 0 Å². The van der Waals surface area contributed by atoms with Crippen molar-refractivity contribution in [1.82, 2.24) is 29.9 Å². The number of rotatable bonds is 4. The Hall–Kier alpha value is -1.63. The molecule has 1 aliphatic rings. The van der Waals surface area contributed by atoms with Gasteiger partial charge in [-0.15, -0.1) is 0 Å². The molecule has 1 aliphatic heterocycles. The smallest absolute Gasteiger partial charge is 0.319 e. The molecule has 0 radical (unpaired) electrons. The van der Waals surface area contributed by atoms with Crippen LogP contribution in [0.4, 0.5) is 4.79 Å². The quantitative estimate of drug-likeness (QED) is 0.849. The van der Waals surface area contributed by atoms with Crippen LogP contribution in [-0.4, -0.2) is 70.4 Å². The number of hydrogen-bond donors (Lipinski definition) is 1. The number of carbonyl (C=O) groups excluding carboxylic acids is 1. The number of piperidine rings is 1. The topological polar surface area (TPSA) is 66.3 Å². The summed E-state index contributed by atoms with van der Waals surface area (Å²) in [6.07, 6.45) is 4.59. The van der Waals surface area contributed by atoms with Crippen molar-refractivity contribution >= 4 is 6.03 Å². The van der Waals surface area contributed by atoms with Gasteiger partial charge in [-0.25, -0.2) is 9.78 Å². The zero-order chi connectivity index (χ0) is 14.5. The Morgan fingerprint density at radius 2 is 2.15 bits per heavy atom. The molecule has 2 amide bonds. The Labute approximate surface area is 119 Å². The molecule has 0 bridgehead atoms. The predicted molar refractivity (Wildman–Crippen MR) is 76.4 cm³/mol. The van der Waals surface area contributed by atoms with Crippen LogP contribution in [0.1, 0.15) is 18.7 Å². The first kappa shape index (κ1) is 14.8. The maximum absolute atomic E-state index is 11.8. The minimum absolute atomic E-state index is 0.112. The van der Waals surface area contributed by atoms with E-state index in [0.29, 0.717) is 6.04 Å². The molecule has 112 valence electrons. The van der Waals surface area contributed by atoms with Gasteiger partial charge in [0.1, 0.15) is 6.33 Å². The fourth-order valence-corrected chi connectivity index (χ4v) is 2.44. The van der Waals surface area contributed by atoms with E-state index < -0.39 is 0 Å². The fourth-order valence-electron chi connectivity index (χ4n) is 2.44. The van der Waals surface area contributed by atoms with E-state index in [9.17, 15) is 4.79 Å². The summed E-state index contributed by atoms with van der Waals surface area (Å²) in [5.41, 5.74) is 0. The Morgan fingerprint density at radius 3 is 2.70 bits per heavy atom. The Balaban J connectivity index is 1.66. The standard InChI is InChI=1S/C13H24N6O/c1-17(2)13(20)19-8-5-11(6-9-19)14-7-4-12-15-10-18(3)16-12/h10-11,14H,4-9H2,1-3H3. The number of nitrogens with one attached hydrogen (secondary N) is 1. The minimum Gasteiger partial charge on any atom is -0.331 e. The van der Waals surface area contributed by atoms with Gasteiger partial charge in [0.2, 0.25) is 0 Å². The predicted octanol–water partition coefficient (Wildman–Crippen LogP) is 0.0932. The van der Waals surface area contributed by atoms with E-state index in [1.807, 2.05) is 11.9 Å². The summed E-state index contributed by atoms with van der Waals surface area (Å²) in [6.45, 7) is 2.54. The van der Waals surface area contributed by atoms with Crippen LogP contribution in [0.25, 0.3) is 0 Å². The Kier molecular flexibility index (Phi) is 4.94. The first-order valence-electron chi connectivity index (χ1n) is 7.10. The number of aryl methyl sites for hydroxylation is 1. The fraction of sp³-hybridized carbons (Fsp3) is 0.769. The molecule has 1 aromatic heterocycles. The van der Waals surface area contributed by atoms with Crippen LogP contribution in [0.5, 0.6) is 0 Å². The van der Waals surface area contributed by atoms with Gasteiger partial charge in [0, 0.05) is 53.2 Å². The number of likely N-dealkylation sites (tertiary alicyclic amines) is 1. The van der Waals surface area contributed by atoms with Gasteiger partial charge >= 0.3 is 6.03 Å². The molecule has 0 atom stereocenters. The van der Waals surface area contributed by atoms with E-state index in [1.165, 1.54) is 0 Å². The number of hydrogen-bond acceptors (Lipinski definition) is 4. The van der Waals surface area contributed by atoms with Gasteiger partial charge in [-0.2, -0.15) is 5.10 Å². The summed E-state index contributed by atoms with van der Waals surface area (Å²) in [7, 11) is 5.47. The highest BCUT2D eigenvalue weighted by Gasteiger charge is 2.23. The first-order chi connectivity index (χ1) is 9.56. The van der Waals surface area contributed by atoms with Gasteiger partial charge in [0.15, 0.2) is 5.82 Å². The van der Waals surface area contributed by atoms with E-state index >= 15 is 0 Å². The summed E-state index contributed by atoms with van der Waals surface area (Å²) in [6, 6.07) is 0.603. The molecule has 7 heteroatoms. The van der Waals surface area contributed by atoms with Crippen molar-refractivity contribution in [3.05, 3.63) is 12.2 Å². The molecule has 20 heavy (non-hydrogen) atoms. The summed E-state index contributed by atoms with van der Waals surface area (Å²) in [4.78, 5) is 19.6. The molecule has 1 N–H and O–H groups in total. The Morgan fingerprint density at radius 1 is 1.45 bits per heavy atom. The van der Waals surface area contributed by atoms with E-state index in [4.69, 9.17) is 0 Å². The van der Waals surface area contributed by atoms with Crippen LogP contribution < -0.4 is 5.32 Å². The van der Waals surface area contributed by atoms with Gasteiger partial charge in [-0.1, -0.05) is 0 Å². The van der Waals surface area contributed by atoms with E-state index in [1.54, 1.807) is 30.0 Å². The number of urea groups is 1. The van der Waals surface area contributed by atoms with Gasteiger partial charge in [-0.05, 0) is 12.8 Å². The third-order valence-electron chi connectivity index (χ3n) is 3.58. The lowest BCUT2D eigenvalue weighted by molar-refractivity contribution is 0.152. The van der Waals surface area contributed by atoms with Crippen molar-refractivity contribution in [1.29, 1.82) is 0 Å². The molecule has 0 spiro atoms. The number of aromatic nitrogens is 3. The van der Waals surface area contributed by atoms with Crippen molar-refractivity contribution in [2.24, 2.45) is 7.05 Å². The third-order valence-corrected chi connectivity index (χ3v) is 3.58. The van der Waals surface area contributed by atoms with Crippen molar-refractivity contribution in [2.75, 3.05) is 33.7 Å². The summed E-state index contributed by atoms with van der Waals surface area (Å²) in [5.74, 6) is 0.875. The molecule has 1 aromatic rings. The molecule has 0 aliphatic carbocycles. The molecular formula is C13H24N6O. The van der Waals surface area contributed by atoms with Crippen LogP contribution in [0.15, 0.2) is 6.33 Å². The lowest BCUT2D eigenvalue weighted by Gasteiger charge is -2.34. The maximum atomic E-state index is 11.8. The van der Waals surface area contributed by atoms with Crippen LogP contribution in [0.2, 0.25) is 0 Å². The van der Waals surface area contributed by atoms with Crippen LogP contribution >= 0.6 is 0 Å². The molecular weight excluding hydrogens is 256 g/mol. The van der Waals surface area contributed by atoms with Crippen molar-refractivity contribution in [3.8, 4) is 0 Å². The average Bonchev–Trinajstić information content (AvgIpc) is 2.84. The second kappa shape index (κ2) is 6.69. The molecule has 7 nitrogen and oxygen atoms in total. The Bertz CT molecular complexity index is 436. The number of carbonyl (C=O) groups is 1. The van der Waals surface area contributed by atoms with Crippen LogP contribution in [0, 0.1) is 0 Å². The highest BCUT2D eigenvalue weighted by Crippen LogP contribution is 2.11. The van der Waals surface area contributed by atoms with E-state index in [-0.39, 0.29) is 6.03 Å². The highest BCUT2D eigenvalue weighted by atomic mass is 16.2. The molecule has 0 saturated carbocycles. The van der Waals surface area contributed by atoms with E-state index in [2.05, 4.69) is 15.4 Å². The van der Waals surface area contributed by atoms with E-state index in [0.717, 1.165) is 44.7 Å². The SMILES string of the molecule is CN(C)C(=O)N1CCC(NCCc2ncn(C)n2)CC1. The second-order valence-electron chi connectivity index (χ2n) is 5.48. The molecule has 1 fully saturated rings.